The summed E-state index contributed by atoms with van der Waals surface area (Å²) in [7, 11) is 4.02. The molecule has 1 amide bonds. The third-order valence-electron chi connectivity index (χ3n) is 4.00. The van der Waals surface area contributed by atoms with E-state index in [2.05, 4.69) is 28.0 Å². The second-order valence-corrected chi connectivity index (χ2v) is 5.88. The number of carbonyl (C=O) groups is 1. The van der Waals surface area contributed by atoms with E-state index in [1.54, 1.807) is 6.07 Å². The van der Waals surface area contributed by atoms with Crippen LogP contribution >= 0.6 is 0 Å². The number of ether oxygens (including phenoxy) is 1. The van der Waals surface area contributed by atoms with Crippen molar-refractivity contribution in [3.63, 3.8) is 0 Å². The summed E-state index contributed by atoms with van der Waals surface area (Å²) >= 11 is 0. The number of amides is 1. The number of fused-ring (bicyclic) bond motifs is 1. The van der Waals surface area contributed by atoms with Gasteiger partial charge in [-0.05, 0) is 29.8 Å². The molecule has 2 aromatic carbocycles. The first-order valence-electron chi connectivity index (χ1n) is 7.62. The van der Waals surface area contributed by atoms with Crippen LogP contribution in [-0.4, -0.2) is 33.2 Å². The lowest BCUT2D eigenvalue weighted by atomic mass is 10.1. The van der Waals surface area contributed by atoms with Gasteiger partial charge in [-0.15, -0.1) is 0 Å². The Hall–Kier alpha value is -2.69. The number of carbonyl (C=O) groups excluding carboxylic acids is 1. The lowest BCUT2D eigenvalue weighted by Gasteiger charge is -2.32. The van der Waals surface area contributed by atoms with Gasteiger partial charge in [0.25, 0.3) is 0 Å². The van der Waals surface area contributed by atoms with Crippen LogP contribution in [0.3, 0.4) is 0 Å². The quantitative estimate of drug-likeness (QED) is 0.941. The fourth-order valence-electron chi connectivity index (χ4n) is 2.75. The maximum Gasteiger partial charge on any atom is 0.248 e. The highest BCUT2D eigenvalue weighted by Gasteiger charge is 2.19. The highest BCUT2D eigenvalue weighted by atomic mass is 16.5. The highest BCUT2D eigenvalue weighted by Crippen LogP contribution is 2.35. The average Bonchev–Trinajstić information content (AvgIpc) is 2.55. The number of hydrogen-bond donors (Lipinski definition) is 1. The van der Waals surface area contributed by atoms with Crippen LogP contribution in [0.4, 0.5) is 11.4 Å². The van der Waals surface area contributed by atoms with Crippen LogP contribution < -0.4 is 20.3 Å². The molecule has 0 aliphatic carbocycles. The fraction of sp³-hybridized carbons (Fsp3) is 0.278. The SMILES string of the molecule is CN(C)c1ccc2c(c1)OCCN2Cc1cccc(C(N)=O)c1. The second-order valence-electron chi connectivity index (χ2n) is 5.88. The zero-order valence-corrected chi connectivity index (χ0v) is 13.5. The second kappa shape index (κ2) is 6.20. The van der Waals surface area contributed by atoms with E-state index in [0.717, 1.165) is 35.8 Å². The molecule has 120 valence electrons. The third kappa shape index (κ3) is 3.23. The van der Waals surface area contributed by atoms with Gasteiger partial charge in [0.2, 0.25) is 5.91 Å². The Kier molecular flexibility index (Phi) is 4.10. The van der Waals surface area contributed by atoms with E-state index in [4.69, 9.17) is 10.5 Å². The van der Waals surface area contributed by atoms with Crippen LogP contribution in [0, 0.1) is 0 Å². The Morgan fingerprint density at radius 3 is 2.83 bits per heavy atom. The van der Waals surface area contributed by atoms with Crippen LogP contribution in [0.25, 0.3) is 0 Å². The molecule has 0 spiro atoms. The predicted molar refractivity (Wildman–Crippen MR) is 92.3 cm³/mol. The molecular formula is C18H21N3O2. The zero-order valence-electron chi connectivity index (χ0n) is 13.5. The molecule has 1 aliphatic rings. The van der Waals surface area contributed by atoms with Crippen molar-refractivity contribution in [1.29, 1.82) is 0 Å². The lowest BCUT2D eigenvalue weighted by Crippen LogP contribution is -2.32. The molecule has 0 fully saturated rings. The summed E-state index contributed by atoms with van der Waals surface area (Å²) in [5, 5.41) is 0. The smallest absolute Gasteiger partial charge is 0.248 e. The minimum Gasteiger partial charge on any atom is -0.489 e. The molecule has 0 saturated heterocycles. The largest absolute Gasteiger partial charge is 0.489 e. The molecule has 0 radical (unpaired) electrons. The Morgan fingerprint density at radius 2 is 2.09 bits per heavy atom. The fourth-order valence-corrected chi connectivity index (χ4v) is 2.75. The van der Waals surface area contributed by atoms with Crippen molar-refractivity contribution in [2.45, 2.75) is 6.54 Å². The van der Waals surface area contributed by atoms with E-state index in [1.165, 1.54) is 0 Å². The summed E-state index contributed by atoms with van der Waals surface area (Å²) in [6.45, 7) is 2.19. The molecule has 5 heteroatoms. The molecule has 2 aromatic rings. The monoisotopic (exact) mass is 311 g/mol. The first-order valence-corrected chi connectivity index (χ1v) is 7.62. The van der Waals surface area contributed by atoms with Crippen molar-refractivity contribution >= 4 is 17.3 Å². The van der Waals surface area contributed by atoms with Gasteiger partial charge in [0, 0.05) is 38.0 Å². The molecule has 0 unspecified atom stereocenters. The summed E-state index contributed by atoms with van der Waals surface area (Å²) in [5.74, 6) is 0.498. The van der Waals surface area contributed by atoms with Crippen molar-refractivity contribution in [2.24, 2.45) is 5.73 Å². The summed E-state index contributed by atoms with van der Waals surface area (Å²) in [4.78, 5) is 15.6. The van der Waals surface area contributed by atoms with E-state index in [9.17, 15) is 4.79 Å². The zero-order chi connectivity index (χ0) is 16.4. The molecule has 2 N–H and O–H groups in total. The van der Waals surface area contributed by atoms with Gasteiger partial charge >= 0.3 is 0 Å². The molecule has 5 nitrogen and oxygen atoms in total. The summed E-state index contributed by atoms with van der Waals surface area (Å²) in [6.07, 6.45) is 0. The summed E-state index contributed by atoms with van der Waals surface area (Å²) in [5.41, 5.74) is 9.15. The minimum atomic E-state index is -0.398. The molecule has 0 aromatic heterocycles. The number of nitrogens with zero attached hydrogens (tertiary/aromatic N) is 2. The number of hydrogen-bond acceptors (Lipinski definition) is 4. The van der Waals surface area contributed by atoms with Crippen molar-refractivity contribution in [1.82, 2.24) is 0 Å². The highest BCUT2D eigenvalue weighted by molar-refractivity contribution is 5.92. The van der Waals surface area contributed by atoms with Crippen molar-refractivity contribution in [3.8, 4) is 5.75 Å². The first-order chi connectivity index (χ1) is 11.0. The van der Waals surface area contributed by atoms with Crippen LogP contribution in [0.2, 0.25) is 0 Å². The Morgan fingerprint density at radius 1 is 1.26 bits per heavy atom. The van der Waals surface area contributed by atoms with E-state index in [0.29, 0.717) is 12.2 Å². The van der Waals surface area contributed by atoms with Crippen molar-refractivity contribution < 1.29 is 9.53 Å². The van der Waals surface area contributed by atoms with E-state index >= 15 is 0 Å². The van der Waals surface area contributed by atoms with Gasteiger partial charge in [-0.25, -0.2) is 0 Å². The number of primary amides is 1. The number of anilines is 2. The number of nitrogens with two attached hydrogens (primary N) is 1. The molecule has 1 heterocycles. The molecule has 0 bridgehead atoms. The molecule has 0 saturated carbocycles. The first kappa shape index (κ1) is 15.2. The van der Waals surface area contributed by atoms with Crippen molar-refractivity contribution in [3.05, 3.63) is 53.6 Å². The molecule has 23 heavy (non-hydrogen) atoms. The van der Waals surface area contributed by atoms with Crippen LogP contribution in [0.15, 0.2) is 42.5 Å². The molecule has 0 atom stereocenters. The Labute approximate surface area is 136 Å². The van der Waals surface area contributed by atoms with Gasteiger partial charge in [0.15, 0.2) is 0 Å². The van der Waals surface area contributed by atoms with E-state index in [1.807, 2.05) is 32.3 Å². The van der Waals surface area contributed by atoms with Crippen LogP contribution in [-0.2, 0) is 6.54 Å². The minimum absolute atomic E-state index is 0.398. The van der Waals surface area contributed by atoms with Crippen molar-refractivity contribution in [2.75, 3.05) is 37.0 Å². The Balaban J connectivity index is 1.86. The maximum absolute atomic E-state index is 11.3. The van der Waals surface area contributed by atoms with Gasteiger partial charge in [0.05, 0.1) is 12.2 Å². The lowest BCUT2D eigenvalue weighted by molar-refractivity contribution is 0.1000. The van der Waals surface area contributed by atoms with Gasteiger partial charge < -0.3 is 20.3 Å². The number of rotatable bonds is 4. The van der Waals surface area contributed by atoms with Crippen LogP contribution in [0.1, 0.15) is 15.9 Å². The summed E-state index contributed by atoms with van der Waals surface area (Å²) in [6, 6.07) is 13.7. The topological polar surface area (TPSA) is 58.8 Å². The van der Waals surface area contributed by atoms with Crippen LogP contribution in [0.5, 0.6) is 5.75 Å². The maximum atomic E-state index is 11.3. The van der Waals surface area contributed by atoms with Gasteiger partial charge in [0.1, 0.15) is 12.4 Å². The molecule has 1 aliphatic heterocycles. The normalized spacial score (nSPS) is 13.2. The van der Waals surface area contributed by atoms with Gasteiger partial charge in [-0.2, -0.15) is 0 Å². The Bertz CT molecular complexity index is 728. The van der Waals surface area contributed by atoms with E-state index in [-0.39, 0.29) is 0 Å². The third-order valence-corrected chi connectivity index (χ3v) is 4.00. The predicted octanol–water partition coefficient (Wildman–Crippen LogP) is 2.25. The molecular weight excluding hydrogens is 290 g/mol. The van der Waals surface area contributed by atoms with E-state index < -0.39 is 5.91 Å². The van der Waals surface area contributed by atoms with Gasteiger partial charge in [-0.3, -0.25) is 4.79 Å². The standard InChI is InChI=1S/C18H21N3O2/c1-20(2)15-6-7-16-17(11-15)23-9-8-21(16)12-13-4-3-5-14(10-13)18(19)22/h3-7,10-11H,8-9,12H2,1-2H3,(H2,19,22). The van der Waals surface area contributed by atoms with Gasteiger partial charge in [-0.1, -0.05) is 12.1 Å². The average molecular weight is 311 g/mol. The summed E-state index contributed by atoms with van der Waals surface area (Å²) < 4.78 is 5.80. The molecule has 3 rings (SSSR count). The number of benzene rings is 2.